The molecule has 11 heavy (non-hydrogen) atoms. The van der Waals surface area contributed by atoms with Gasteiger partial charge in [-0.3, -0.25) is 4.74 Å². The molecule has 0 aromatic rings. The van der Waals surface area contributed by atoms with Gasteiger partial charge in [0, 0.05) is 14.2 Å². The molecule has 0 saturated heterocycles. The fourth-order valence-corrected chi connectivity index (χ4v) is 0.786. The van der Waals surface area contributed by atoms with Gasteiger partial charge in [0.2, 0.25) is 0 Å². The van der Waals surface area contributed by atoms with E-state index in [1.54, 1.807) is 13.8 Å². The Morgan fingerprint density at radius 2 is 1.64 bits per heavy atom. The molecule has 0 saturated carbocycles. The third-order valence-electron chi connectivity index (χ3n) is 1.31. The van der Waals surface area contributed by atoms with Crippen molar-refractivity contribution in [1.29, 1.82) is 0 Å². The van der Waals surface area contributed by atoms with Crippen LogP contribution < -0.4 is 0 Å². The Labute approximate surface area is 65.3 Å². The van der Waals surface area contributed by atoms with Crippen LogP contribution in [0.3, 0.4) is 0 Å². The number of nitrogens with zero attached hydrogens (tertiary/aromatic N) is 2. The molecule has 0 radical (unpaired) electrons. The zero-order chi connectivity index (χ0) is 8.54. The van der Waals surface area contributed by atoms with Gasteiger partial charge in [-0.1, -0.05) is 5.11 Å². The maximum Gasteiger partial charge on any atom is 0.414 e. The SMILES string of the molecule is COC1(OC)N=NC(C)(C)O1. The highest BCUT2D eigenvalue weighted by Gasteiger charge is 2.44. The average Bonchev–Trinajstić information content (AvgIpc) is 2.28. The number of hydrogen-bond donors (Lipinski definition) is 0. The fraction of sp³-hybridized carbons (Fsp3) is 1.00. The van der Waals surface area contributed by atoms with Crippen LogP contribution in [0.4, 0.5) is 0 Å². The predicted molar refractivity (Wildman–Crippen MR) is 36.8 cm³/mol. The van der Waals surface area contributed by atoms with E-state index in [2.05, 4.69) is 10.2 Å². The molecule has 0 unspecified atom stereocenters. The second-order valence-electron chi connectivity index (χ2n) is 2.68. The van der Waals surface area contributed by atoms with Crippen molar-refractivity contribution in [3.63, 3.8) is 0 Å². The van der Waals surface area contributed by atoms with Crippen LogP contribution in [0.5, 0.6) is 0 Å². The Morgan fingerprint density at radius 1 is 1.09 bits per heavy atom. The number of azo groups is 1. The second kappa shape index (κ2) is 2.51. The molecule has 5 heteroatoms. The summed E-state index contributed by atoms with van der Waals surface area (Å²) in [5.74, 6) is 0. The van der Waals surface area contributed by atoms with Gasteiger partial charge in [0.25, 0.3) is 0 Å². The van der Waals surface area contributed by atoms with Gasteiger partial charge in [0.1, 0.15) is 0 Å². The lowest BCUT2D eigenvalue weighted by Crippen LogP contribution is -2.36. The molecule has 0 spiro atoms. The zero-order valence-corrected chi connectivity index (χ0v) is 7.12. The van der Waals surface area contributed by atoms with Gasteiger partial charge >= 0.3 is 6.10 Å². The van der Waals surface area contributed by atoms with Crippen LogP contribution in [0.15, 0.2) is 10.2 Å². The van der Waals surface area contributed by atoms with E-state index in [9.17, 15) is 0 Å². The molecule has 0 fully saturated rings. The van der Waals surface area contributed by atoms with Crippen molar-refractivity contribution in [3.05, 3.63) is 0 Å². The van der Waals surface area contributed by atoms with E-state index in [0.29, 0.717) is 0 Å². The van der Waals surface area contributed by atoms with Gasteiger partial charge < -0.3 is 9.47 Å². The van der Waals surface area contributed by atoms with Crippen molar-refractivity contribution >= 4 is 0 Å². The van der Waals surface area contributed by atoms with E-state index in [1.807, 2.05) is 0 Å². The van der Waals surface area contributed by atoms with Crippen LogP contribution in [0.2, 0.25) is 0 Å². The van der Waals surface area contributed by atoms with Gasteiger partial charge in [-0.15, -0.1) is 0 Å². The number of ether oxygens (including phenoxy) is 3. The first-order valence-electron chi connectivity index (χ1n) is 3.28. The molecule has 0 aromatic carbocycles. The third-order valence-corrected chi connectivity index (χ3v) is 1.31. The maximum absolute atomic E-state index is 5.26. The molecule has 1 rings (SSSR count). The van der Waals surface area contributed by atoms with Crippen LogP contribution >= 0.6 is 0 Å². The summed E-state index contributed by atoms with van der Waals surface area (Å²) in [5, 5.41) is 7.53. The summed E-state index contributed by atoms with van der Waals surface area (Å²) in [6, 6.07) is 0. The quantitative estimate of drug-likeness (QED) is 0.568. The van der Waals surface area contributed by atoms with Gasteiger partial charge in [-0.2, -0.15) is 5.11 Å². The molecule has 1 heterocycles. The van der Waals surface area contributed by atoms with E-state index < -0.39 is 11.8 Å². The first-order valence-corrected chi connectivity index (χ1v) is 3.28. The molecule has 1 aliphatic heterocycles. The highest BCUT2D eigenvalue weighted by Crippen LogP contribution is 2.32. The molecule has 0 aliphatic carbocycles. The molecule has 0 aromatic heterocycles. The van der Waals surface area contributed by atoms with Gasteiger partial charge in [0.15, 0.2) is 5.72 Å². The molecule has 1 aliphatic rings. The largest absolute Gasteiger partial charge is 0.414 e. The van der Waals surface area contributed by atoms with E-state index in [1.165, 1.54) is 14.2 Å². The van der Waals surface area contributed by atoms with Crippen LogP contribution in [0.1, 0.15) is 13.8 Å². The van der Waals surface area contributed by atoms with Crippen molar-refractivity contribution in [2.24, 2.45) is 10.2 Å². The molecule has 0 N–H and O–H groups in total. The Bertz CT molecular complexity index is 175. The minimum absolute atomic E-state index is 0.661. The van der Waals surface area contributed by atoms with Crippen molar-refractivity contribution in [3.8, 4) is 0 Å². The normalized spacial score (nSPS) is 25.8. The smallest absolute Gasteiger partial charge is 0.310 e. The Balaban J connectivity index is 2.73. The van der Waals surface area contributed by atoms with Gasteiger partial charge in [-0.25, -0.2) is 0 Å². The van der Waals surface area contributed by atoms with Crippen LogP contribution in [-0.4, -0.2) is 26.0 Å². The Morgan fingerprint density at radius 3 is 1.82 bits per heavy atom. The zero-order valence-electron chi connectivity index (χ0n) is 7.12. The number of methoxy groups -OCH3 is 2. The first kappa shape index (κ1) is 8.58. The summed E-state index contributed by atoms with van der Waals surface area (Å²) in [6.07, 6.45) is -1.33. The molecular weight excluding hydrogens is 148 g/mol. The predicted octanol–water partition coefficient (Wildman–Crippen LogP) is 1.11. The van der Waals surface area contributed by atoms with Crippen molar-refractivity contribution in [1.82, 2.24) is 0 Å². The van der Waals surface area contributed by atoms with Crippen LogP contribution in [0, 0.1) is 0 Å². The summed E-state index contributed by atoms with van der Waals surface area (Å²) in [5.41, 5.74) is -0.661. The molecule has 0 amide bonds. The molecule has 64 valence electrons. The highest BCUT2D eigenvalue weighted by molar-refractivity contribution is 4.72. The third kappa shape index (κ3) is 1.55. The summed E-state index contributed by atoms with van der Waals surface area (Å²) >= 11 is 0. The topological polar surface area (TPSA) is 52.4 Å². The summed E-state index contributed by atoms with van der Waals surface area (Å²) in [7, 11) is 2.90. The Kier molecular flexibility index (Phi) is 1.96. The maximum atomic E-state index is 5.26. The van der Waals surface area contributed by atoms with E-state index in [4.69, 9.17) is 14.2 Å². The molecule has 0 bridgehead atoms. The number of hydrogen-bond acceptors (Lipinski definition) is 5. The minimum Gasteiger partial charge on any atom is -0.310 e. The monoisotopic (exact) mass is 160 g/mol. The van der Waals surface area contributed by atoms with Crippen molar-refractivity contribution < 1.29 is 14.2 Å². The van der Waals surface area contributed by atoms with Gasteiger partial charge in [-0.05, 0) is 13.8 Å². The molecular formula is C6H12N2O3. The van der Waals surface area contributed by atoms with Crippen molar-refractivity contribution in [2.45, 2.75) is 25.7 Å². The lowest BCUT2D eigenvalue weighted by Gasteiger charge is -2.23. The molecule has 5 nitrogen and oxygen atoms in total. The standard InChI is InChI=1S/C6H12N2O3/c1-5(2)7-8-6(9-3,10-4)11-5/h1-4H3. The lowest BCUT2D eigenvalue weighted by atomic mass is 10.3. The van der Waals surface area contributed by atoms with E-state index >= 15 is 0 Å². The van der Waals surface area contributed by atoms with Crippen LogP contribution in [-0.2, 0) is 14.2 Å². The highest BCUT2D eigenvalue weighted by atomic mass is 16.9. The Hall–Kier alpha value is -0.520. The fourth-order valence-electron chi connectivity index (χ4n) is 0.786. The number of rotatable bonds is 2. The van der Waals surface area contributed by atoms with Crippen LogP contribution in [0.25, 0.3) is 0 Å². The summed E-state index contributed by atoms with van der Waals surface area (Å²) in [6.45, 7) is 3.55. The average molecular weight is 160 g/mol. The summed E-state index contributed by atoms with van der Waals surface area (Å²) < 4.78 is 15.0. The minimum atomic E-state index is -1.33. The lowest BCUT2D eigenvalue weighted by molar-refractivity contribution is -0.366. The first-order chi connectivity index (χ1) is 5.04. The second-order valence-corrected chi connectivity index (χ2v) is 2.68. The summed E-state index contributed by atoms with van der Waals surface area (Å²) in [4.78, 5) is 0. The molecule has 0 atom stereocenters. The van der Waals surface area contributed by atoms with Gasteiger partial charge in [0.05, 0.1) is 0 Å². The van der Waals surface area contributed by atoms with E-state index in [0.717, 1.165) is 0 Å². The van der Waals surface area contributed by atoms with E-state index in [-0.39, 0.29) is 0 Å². The van der Waals surface area contributed by atoms with Crippen molar-refractivity contribution in [2.75, 3.05) is 14.2 Å².